The zero-order valence-electron chi connectivity index (χ0n) is 18.1. The summed E-state index contributed by atoms with van der Waals surface area (Å²) in [6.45, 7) is 5.38. The average Bonchev–Trinajstić information content (AvgIpc) is 3.16. The molecule has 0 saturated carbocycles. The summed E-state index contributed by atoms with van der Waals surface area (Å²) in [4.78, 5) is 26.4. The number of amides is 1. The van der Waals surface area contributed by atoms with Crippen molar-refractivity contribution in [1.82, 2.24) is 15.0 Å². The Morgan fingerprint density at radius 1 is 1.06 bits per heavy atom. The number of hydrogen-bond donors (Lipinski definition) is 2. The third-order valence-corrected chi connectivity index (χ3v) is 5.12. The molecule has 1 fully saturated rings. The molecule has 2 heterocycles. The average molecular weight is 435 g/mol. The van der Waals surface area contributed by atoms with Crippen molar-refractivity contribution >= 4 is 18.0 Å². The Kier molecular flexibility index (Phi) is 6.18. The number of anilines is 2. The molecule has 1 aliphatic rings. The highest BCUT2D eigenvalue weighted by molar-refractivity contribution is 5.88. The first-order valence-electron chi connectivity index (χ1n) is 10.4. The molecular formula is C23H25N5O4. The van der Waals surface area contributed by atoms with E-state index in [9.17, 15) is 9.90 Å². The van der Waals surface area contributed by atoms with Crippen molar-refractivity contribution in [2.45, 2.75) is 39.0 Å². The molecule has 1 amide bonds. The van der Waals surface area contributed by atoms with E-state index >= 15 is 0 Å². The number of ether oxygens (including phenoxy) is 2. The molecular weight excluding hydrogens is 410 g/mol. The van der Waals surface area contributed by atoms with Gasteiger partial charge in [-0.25, -0.2) is 9.69 Å². The van der Waals surface area contributed by atoms with E-state index in [0.717, 1.165) is 17.1 Å². The second-order valence-electron chi connectivity index (χ2n) is 7.61. The summed E-state index contributed by atoms with van der Waals surface area (Å²) in [6.07, 6.45) is -1.38. The summed E-state index contributed by atoms with van der Waals surface area (Å²) in [6, 6.07) is 16.6. The highest BCUT2D eigenvalue weighted by Gasteiger charge is 2.39. The Hall–Kier alpha value is -3.72. The van der Waals surface area contributed by atoms with Crippen molar-refractivity contribution in [3.8, 4) is 11.5 Å². The number of aliphatic hydroxyl groups excluding tert-OH is 1. The number of cyclic esters (lactones) is 1. The van der Waals surface area contributed by atoms with Gasteiger partial charge in [0.15, 0.2) is 0 Å². The molecule has 0 bridgehead atoms. The van der Waals surface area contributed by atoms with Crippen molar-refractivity contribution in [2.24, 2.45) is 0 Å². The minimum Gasteiger partial charge on any atom is -0.457 e. The van der Waals surface area contributed by atoms with Crippen LogP contribution in [0.4, 0.5) is 16.7 Å². The number of carbonyl (C=O) groups is 1. The number of aliphatic hydroxyl groups is 1. The third-order valence-electron chi connectivity index (χ3n) is 5.12. The SMILES string of the molecule is Cc1nc(N[C@@H](C)c2ccc(Oc3ccccc3)cc2)nc(N2C(=O)OCC2C(C)O)n1. The highest BCUT2D eigenvalue weighted by Crippen LogP contribution is 2.26. The van der Waals surface area contributed by atoms with Gasteiger partial charge in [0.2, 0.25) is 11.9 Å². The number of benzene rings is 2. The van der Waals surface area contributed by atoms with Crippen LogP contribution in [0.1, 0.15) is 31.3 Å². The fourth-order valence-electron chi connectivity index (χ4n) is 3.39. The standard InChI is InChI=1S/C23H25N5O4/c1-14(17-9-11-19(12-10-17)32-18-7-5-4-6-8-18)24-21-25-16(3)26-22(27-21)28-20(15(2)29)13-31-23(28)30/h4-12,14-15,20,29H,13H2,1-3H3,(H,24,25,26,27)/t14-,15?,20?/m0/s1. The van der Waals surface area contributed by atoms with Crippen LogP contribution in [-0.2, 0) is 4.74 Å². The number of aryl methyl sites for hydroxylation is 1. The van der Waals surface area contributed by atoms with Crippen LogP contribution in [0.5, 0.6) is 11.5 Å². The van der Waals surface area contributed by atoms with Crippen molar-refractivity contribution in [3.05, 3.63) is 66.0 Å². The Bertz CT molecular complexity index is 1080. The molecule has 166 valence electrons. The van der Waals surface area contributed by atoms with Gasteiger partial charge in [-0.2, -0.15) is 15.0 Å². The second-order valence-corrected chi connectivity index (χ2v) is 7.61. The summed E-state index contributed by atoms with van der Waals surface area (Å²) in [5.74, 6) is 2.43. The Labute approximate surface area is 186 Å². The number of aromatic nitrogens is 3. The van der Waals surface area contributed by atoms with Gasteiger partial charge in [-0.15, -0.1) is 0 Å². The number of para-hydroxylation sites is 1. The maximum absolute atomic E-state index is 12.2. The van der Waals surface area contributed by atoms with E-state index in [4.69, 9.17) is 9.47 Å². The largest absolute Gasteiger partial charge is 0.457 e. The fourth-order valence-corrected chi connectivity index (χ4v) is 3.39. The number of rotatable bonds is 7. The number of carbonyl (C=O) groups excluding carboxylic acids is 1. The lowest BCUT2D eigenvalue weighted by molar-refractivity contribution is 0.142. The van der Waals surface area contributed by atoms with Gasteiger partial charge < -0.3 is 19.9 Å². The molecule has 9 nitrogen and oxygen atoms in total. The molecule has 32 heavy (non-hydrogen) atoms. The molecule has 2 unspecified atom stereocenters. The molecule has 1 saturated heterocycles. The van der Waals surface area contributed by atoms with Gasteiger partial charge in [0, 0.05) is 0 Å². The molecule has 3 atom stereocenters. The van der Waals surface area contributed by atoms with Gasteiger partial charge in [0.25, 0.3) is 0 Å². The van der Waals surface area contributed by atoms with E-state index in [0.29, 0.717) is 11.8 Å². The molecule has 1 aromatic heterocycles. The zero-order chi connectivity index (χ0) is 22.7. The molecule has 2 N–H and O–H groups in total. The lowest BCUT2D eigenvalue weighted by Crippen LogP contribution is -2.42. The third kappa shape index (κ3) is 4.78. The minimum absolute atomic E-state index is 0.0811. The minimum atomic E-state index is -0.787. The van der Waals surface area contributed by atoms with Gasteiger partial charge in [0.05, 0.1) is 12.1 Å². The molecule has 2 aromatic carbocycles. The monoisotopic (exact) mass is 435 g/mol. The maximum Gasteiger partial charge on any atom is 0.417 e. The van der Waals surface area contributed by atoms with Crippen molar-refractivity contribution < 1.29 is 19.4 Å². The van der Waals surface area contributed by atoms with Crippen molar-refractivity contribution in [1.29, 1.82) is 0 Å². The first kappa shape index (κ1) is 21.5. The predicted molar refractivity (Wildman–Crippen MR) is 119 cm³/mol. The lowest BCUT2D eigenvalue weighted by Gasteiger charge is -2.22. The molecule has 4 rings (SSSR count). The summed E-state index contributed by atoms with van der Waals surface area (Å²) < 4.78 is 10.9. The van der Waals surface area contributed by atoms with Crippen LogP contribution in [0.15, 0.2) is 54.6 Å². The van der Waals surface area contributed by atoms with Gasteiger partial charge in [0.1, 0.15) is 30.0 Å². The normalized spacial score (nSPS) is 17.6. The van der Waals surface area contributed by atoms with E-state index in [2.05, 4.69) is 20.3 Å². The second kappa shape index (κ2) is 9.19. The van der Waals surface area contributed by atoms with E-state index in [1.165, 1.54) is 4.90 Å². The molecule has 0 radical (unpaired) electrons. The lowest BCUT2D eigenvalue weighted by atomic mass is 10.1. The zero-order valence-corrected chi connectivity index (χ0v) is 18.1. The van der Waals surface area contributed by atoms with E-state index in [-0.39, 0.29) is 18.6 Å². The fraction of sp³-hybridized carbons (Fsp3) is 0.304. The molecule has 1 aliphatic heterocycles. The van der Waals surface area contributed by atoms with Gasteiger partial charge >= 0.3 is 6.09 Å². The number of nitrogens with one attached hydrogen (secondary N) is 1. The first-order chi connectivity index (χ1) is 15.4. The van der Waals surface area contributed by atoms with E-state index in [1.807, 2.05) is 61.5 Å². The molecule has 0 aliphatic carbocycles. The van der Waals surface area contributed by atoms with Crippen molar-refractivity contribution in [3.63, 3.8) is 0 Å². The Balaban J connectivity index is 1.48. The summed E-state index contributed by atoms with van der Waals surface area (Å²) >= 11 is 0. The van der Waals surface area contributed by atoms with E-state index < -0.39 is 18.2 Å². The predicted octanol–water partition coefficient (Wildman–Crippen LogP) is 3.85. The highest BCUT2D eigenvalue weighted by atomic mass is 16.6. The van der Waals surface area contributed by atoms with Crippen LogP contribution in [0.2, 0.25) is 0 Å². The van der Waals surface area contributed by atoms with Crippen LogP contribution < -0.4 is 15.0 Å². The maximum atomic E-state index is 12.2. The van der Waals surface area contributed by atoms with Crippen LogP contribution in [0.3, 0.4) is 0 Å². The molecule has 3 aromatic rings. The topological polar surface area (TPSA) is 110 Å². The van der Waals surface area contributed by atoms with Crippen LogP contribution in [-0.4, -0.2) is 44.9 Å². The Morgan fingerprint density at radius 3 is 2.44 bits per heavy atom. The smallest absolute Gasteiger partial charge is 0.417 e. The van der Waals surface area contributed by atoms with Gasteiger partial charge in [-0.3, -0.25) is 0 Å². The summed E-state index contributed by atoms with van der Waals surface area (Å²) in [5.41, 5.74) is 1.01. The number of nitrogens with zero attached hydrogens (tertiary/aromatic N) is 4. The molecule has 0 spiro atoms. The quantitative estimate of drug-likeness (QED) is 0.576. The van der Waals surface area contributed by atoms with Crippen molar-refractivity contribution in [2.75, 3.05) is 16.8 Å². The van der Waals surface area contributed by atoms with E-state index in [1.54, 1.807) is 13.8 Å². The van der Waals surface area contributed by atoms with Gasteiger partial charge in [-0.05, 0) is 50.6 Å². The van der Waals surface area contributed by atoms with Crippen LogP contribution in [0.25, 0.3) is 0 Å². The Morgan fingerprint density at radius 2 is 1.75 bits per heavy atom. The number of hydrogen-bond acceptors (Lipinski definition) is 8. The molecule has 9 heteroatoms. The summed E-state index contributed by atoms with van der Waals surface area (Å²) in [7, 11) is 0. The van der Waals surface area contributed by atoms with Crippen LogP contribution >= 0.6 is 0 Å². The summed E-state index contributed by atoms with van der Waals surface area (Å²) in [5, 5.41) is 13.2. The van der Waals surface area contributed by atoms with Gasteiger partial charge in [-0.1, -0.05) is 30.3 Å². The van der Waals surface area contributed by atoms with Crippen LogP contribution in [0, 0.1) is 6.92 Å². The first-order valence-corrected chi connectivity index (χ1v) is 10.4.